The smallest absolute Gasteiger partial charge is 0.355 e. The quantitative estimate of drug-likeness (QED) is 0.819. The summed E-state index contributed by atoms with van der Waals surface area (Å²) in [4.78, 5) is 23.8. The molecule has 0 spiro atoms. The van der Waals surface area contributed by atoms with E-state index in [1.165, 1.54) is 10.8 Å². The minimum Gasteiger partial charge on any atom is -0.463 e. The average Bonchev–Trinajstić information content (AvgIpc) is 3.05. The zero-order valence-electron chi connectivity index (χ0n) is 12.9. The van der Waals surface area contributed by atoms with Gasteiger partial charge in [0.2, 0.25) is 0 Å². The molecule has 22 heavy (non-hydrogen) atoms. The number of furan rings is 1. The number of fused-ring (bicyclic) bond motifs is 1. The number of nitrogens with zero attached hydrogens (tertiary/aromatic N) is 1. The van der Waals surface area contributed by atoms with Crippen LogP contribution in [0.1, 0.15) is 31.3 Å². The van der Waals surface area contributed by atoms with E-state index in [0.29, 0.717) is 11.1 Å². The maximum absolute atomic E-state index is 12.0. The van der Waals surface area contributed by atoms with Crippen molar-refractivity contribution in [2.24, 2.45) is 11.7 Å². The van der Waals surface area contributed by atoms with Gasteiger partial charge in [-0.3, -0.25) is 9.36 Å². The van der Waals surface area contributed by atoms with Gasteiger partial charge < -0.3 is 19.6 Å². The highest BCUT2D eigenvalue weighted by molar-refractivity contribution is 5.94. The van der Waals surface area contributed by atoms with Crippen molar-refractivity contribution in [3.05, 3.63) is 24.1 Å². The lowest BCUT2D eigenvalue weighted by Gasteiger charge is -2.16. The molecule has 0 aromatic carbocycles. The molecule has 0 saturated carbocycles. The number of hydrogen-bond donors (Lipinski definition) is 1. The summed E-state index contributed by atoms with van der Waals surface area (Å²) in [5, 5.41) is 0. The summed E-state index contributed by atoms with van der Waals surface area (Å²) in [5.41, 5.74) is 7.18. The van der Waals surface area contributed by atoms with Crippen molar-refractivity contribution in [2.45, 2.75) is 33.5 Å². The van der Waals surface area contributed by atoms with E-state index >= 15 is 0 Å². The third kappa shape index (κ3) is 3.14. The first-order valence-electron chi connectivity index (χ1n) is 7.11. The van der Waals surface area contributed by atoms with Crippen LogP contribution >= 0.6 is 0 Å². The molecule has 0 aliphatic carbocycles. The van der Waals surface area contributed by atoms with E-state index in [4.69, 9.17) is 19.6 Å². The van der Waals surface area contributed by atoms with Gasteiger partial charge in [-0.2, -0.15) is 0 Å². The molecule has 2 heterocycles. The van der Waals surface area contributed by atoms with Crippen molar-refractivity contribution < 1.29 is 23.5 Å². The minimum atomic E-state index is -0.707. The van der Waals surface area contributed by atoms with Crippen LogP contribution in [0.4, 0.5) is 0 Å². The fourth-order valence-corrected chi connectivity index (χ4v) is 1.99. The fraction of sp³-hybridized carbons (Fsp3) is 0.467. The Balaban J connectivity index is 2.21. The number of esters is 2. The van der Waals surface area contributed by atoms with Crippen LogP contribution < -0.4 is 5.73 Å². The third-order valence-electron chi connectivity index (χ3n) is 3.33. The van der Waals surface area contributed by atoms with E-state index in [-0.39, 0.29) is 24.9 Å². The van der Waals surface area contributed by atoms with E-state index in [0.717, 1.165) is 0 Å². The molecule has 2 aromatic heterocycles. The maximum atomic E-state index is 12.0. The average molecular weight is 308 g/mol. The molecule has 0 aliphatic rings. The molecule has 7 heteroatoms. The van der Waals surface area contributed by atoms with Crippen molar-refractivity contribution in [1.29, 1.82) is 0 Å². The number of aromatic nitrogens is 1. The first-order chi connectivity index (χ1) is 10.5. The predicted molar refractivity (Wildman–Crippen MR) is 79.1 cm³/mol. The lowest BCUT2D eigenvalue weighted by Crippen LogP contribution is -2.37. The van der Waals surface area contributed by atoms with Gasteiger partial charge in [-0.1, -0.05) is 13.8 Å². The summed E-state index contributed by atoms with van der Waals surface area (Å²) in [6.45, 7) is 5.51. The number of nitrogens with two attached hydrogens (primary N) is 1. The van der Waals surface area contributed by atoms with Gasteiger partial charge in [0.1, 0.15) is 11.7 Å². The van der Waals surface area contributed by atoms with Gasteiger partial charge in [-0.05, 0) is 12.8 Å². The number of hydrogen-bond acceptors (Lipinski definition) is 6. The second kappa shape index (κ2) is 6.65. The van der Waals surface area contributed by atoms with E-state index in [1.807, 2.05) is 13.8 Å². The van der Waals surface area contributed by atoms with Crippen molar-refractivity contribution >= 4 is 23.0 Å². The van der Waals surface area contributed by atoms with Crippen molar-refractivity contribution in [3.63, 3.8) is 0 Å². The molecule has 2 N–H and O–H groups in total. The second-order valence-electron chi connectivity index (χ2n) is 5.21. The van der Waals surface area contributed by atoms with Crippen LogP contribution in [-0.2, 0) is 21.0 Å². The SMILES string of the molecule is CCOC(=O)c1cc2occc2n1COC(=O)C(N)C(C)C. The number of rotatable bonds is 6. The Morgan fingerprint density at radius 2 is 2.09 bits per heavy atom. The van der Waals surface area contributed by atoms with Gasteiger partial charge in [0.15, 0.2) is 12.3 Å². The zero-order valence-corrected chi connectivity index (χ0v) is 12.9. The van der Waals surface area contributed by atoms with Crippen molar-refractivity contribution in [3.8, 4) is 0 Å². The third-order valence-corrected chi connectivity index (χ3v) is 3.33. The Hall–Kier alpha value is -2.28. The largest absolute Gasteiger partial charge is 0.463 e. The monoisotopic (exact) mass is 308 g/mol. The highest BCUT2D eigenvalue weighted by Gasteiger charge is 2.22. The molecule has 0 amide bonds. The van der Waals surface area contributed by atoms with Crippen LogP contribution in [0.5, 0.6) is 0 Å². The highest BCUT2D eigenvalue weighted by atomic mass is 16.5. The summed E-state index contributed by atoms with van der Waals surface area (Å²) >= 11 is 0. The van der Waals surface area contributed by atoms with E-state index in [9.17, 15) is 9.59 Å². The van der Waals surface area contributed by atoms with Crippen molar-refractivity contribution in [1.82, 2.24) is 4.57 Å². The molecular weight excluding hydrogens is 288 g/mol. The van der Waals surface area contributed by atoms with Gasteiger partial charge in [0, 0.05) is 12.1 Å². The topological polar surface area (TPSA) is 96.7 Å². The predicted octanol–water partition coefficient (Wildman–Crippen LogP) is 1.89. The molecule has 120 valence electrons. The fourth-order valence-electron chi connectivity index (χ4n) is 1.99. The van der Waals surface area contributed by atoms with Gasteiger partial charge in [0.25, 0.3) is 0 Å². The van der Waals surface area contributed by atoms with Crippen molar-refractivity contribution in [2.75, 3.05) is 6.61 Å². The highest BCUT2D eigenvalue weighted by Crippen LogP contribution is 2.22. The molecule has 7 nitrogen and oxygen atoms in total. The summed E-state index contributed by atoms with van der Waals surface area (Å²) < 4.78 is 17.0. The van der Waals surface area contributed by atoms with Gasteiger partial charge in [0.05, 0.1) is 18.4 Å². The van der Waals surface area contributed by atoms with E-state index in [2.05, 4.69) is 0 Å². The van der Waals surface area contributed by atoms with E-state index < -0.39 is 18.0 Å². The van der Waals surface area contributed by atoms with Gasteiger partial charge in [-0.25, -0.2) is 4.79 Å². The lowest BCUT2D eigenvalue weighted by molar-refractivity contribution is -0.150. The maximum Gasteiger partial charge on any atom is 0.355 e. The number of carbonyl (C=O) groups excluding carboxylic acids is 2. The zero-order chi connectivity index (χ0) is 16.3. The van der Waals surface area contributed by atoms with Crippen LogP contribution in [0.25, 0.3) is 11.1 Å². The normalized spacial score (nSPS) is 12.6. The first kappa shape index (κ1) is 16.1. The van der Waals surface area contributed by atoms with Crippen LogP contribution in [0, 0.1) is 5.92 Å². The first-order valence-corrected chi connectivity index (χ1v) is 7.11. The standard InChI is InChI=1S/C15H20N2O5/c1-4-20-14(18)11-7-12-10(5-6-21-12)17(11)8-22-15(19)13(16)9(2)3/h5-7,9,13H,4,8,16H2,1-3H3. The van der Waals surface area contributed by atoms with E-state index in [1.54, 1.807) is 19.1 Å². The Labute approximate surface area is 128 Å². The molecule has 0 saturated heterocycles. The molecule has 0 radical (unpaired) electrons. The summed E-state index contributed by atoms with van der Waals surface area (Å²) in [6.07, 6.45) is 1.50. The molecule has 0 bridgehead atoms. The number of ether oxygens (including phenoxy) is 2. The minimum absolute atomic E-state index is 0.0318. The summed E-state index contributed by atoms with van der Waals surface area (Å²) in [7, 11) is 0. The lowest BCUT2D eigenvalue weighted by atomic mass is 10.1. The Morgan fingerprint density at radius 3 is 2.73 bits per heavy atom. The molecule has 1 unspecified atom stereocenters. The van der Waals surface area contributed by atoms with Crippen LogP contribution in [-0.4, -0.2) is 29.2 Å². The molecular formula is C15H20N2O5. The Kier molecular flexibility index (Phi) is 4.87. The van der Waals surface area contributed by atoms with Gasteiger partial charge in [-0.15, -0.1) is 0 Å². The summed E-state index contributed by atoms with van der Waals surface area (Å²) in [6, 6.07) is 2.54. The molecule has 1 atom stereocenters. The second-order valence-corrected chi connectivity index (χ2v) is 5.21. The van der Waals surface area contributed by atoms with Crippen LogP contribution in [0.2, 0.25) is 0 Å². The van der Waals surface area contributed by atoms with Crippen LogP contribution in [0.15, 0.2) is 22.8 Å². The van der Waals surface area contributed by atoms with Crippen LogP contribution in [0.3, 0.4) is 0 Å². The summed E-state index contributed by atoms with van der Waals surface area (Å²) in [5.74, 6) is -1.05. The Bertz CT molecular complexity index is 671. The van der Waals surface area contributed by atoms with Gasteiger partial charge >= 0.3 is 11.9 Å². The number of carbonyl (C=O) groups is 2. The molecule has 2 aromatic rings. The molecule has 0 aliphatic heterocycles. The molecule has 2 rings (SSSR count). The molecule has 0 fully saturated rings. The Morgan fingerprint density at radius 1 is 1.36 bits per heavy atom.